The molecular formula is C20H18F5N5O4S. The first-order chi connectivity index (χ1) is 16.4. The molecule has 0 radical (unpaired) electrons. The van der Waals surface area contributed by atoms with Crippen LogP contribution in [-0.4, -0.2) is 36.9 Å². The van der Waals surface area contributed by atoms with Crippen LogP contribution < -0.4 is 20.3 Å². The van der Waals surface area contributed by atoms with Gasteiger partial charge in [-0.3, -0.25) is 0 Å². The quantitative estimate of drug-likeness (QED) is 0.205. The third-order valence-corrected chi connectivity index (χ3v) is 5.53. The lowest BCUT2D eigenvalue weighted by Gasteiger charge is -2.32. The molecule has 0 saturated heterocycles. The minimum atomic E-state index is -5.09. The molecule has 15 heteroatoms. The van der Waals surface area contributed by atoms with Gasteiger partial charge in [-0.25, -0.2) is 23.2 Å². The summed E-state index contributed by atoms with van der Waals surface area (Å²) < 4.78 is 94.7. The van der Waals surface area contributed by atoms with Crippen LogP contribution in [0.2, 0.25) is 0 Å². The summed E-state index contributed by atoms with van der Waals surface area (Å²) >= 11 is 0. The SMILES string of the molecule is CC(Nc1cc(Nc2ccc(OC(F)F)cc2)ncn1)(ONS(=O)(=O)c1ccccc1)C(F)(F)F. The van der Waals surface area contributed by atoms with Crippen LogP contribution in [0, 0.1) is 0 Å². The highest BCUT2D eigenvalue weighted by Gasteiger charge is 2.54. The molecule has 1 heterocycles. The third kappa shape index (κ3) is 6.97. The number of sulfonamides is 1. The van der Waals surface area contributed by atoms with Crippen molar-refractivity contribution < 1.29 is 39.9 Å². The average molecular weight is 519 g/mol. The highest BCUT2D eigenvalue weighted by molar-refractivity contribution is 7.89. The Bertz CT molecular complexity index is 1230. The average Bonchev–Trinajstić information content (AvgIpc) is 2.79. The normalized spacial score (nSPS) is 13.8. The predicted octanol–water partition coefficient (Wildman–Crippen LogP) is 4.42. The summed E-state index contributed by atoms with van der Waals surface area (Å²) in [4.78, 5) is 13.4. The Morgan fingerprint density at radius 2 is 1.57 bits per heavy atom. The summed E-state index contributed by atoms with van der Waals surface area (Å²) in [6, 6.07) is 13.1. The number of anilines is 3. The summed E-state index contributed by atoms with van der Waals surface area (Å²) in [5.74, 6) is -0.412. The highest BCUT2D eigenvalue weighted by atomic mass is 32.2. The zero-order chi connectivity index (χ0) is 25.7. The molecule has 0 aliphatic carbocycles. The maximum absolute atomic E-state index is 13.8. The van der Waals surface area contributed by atoms with Gasteiger partial charge in [-0.2, -0.15) is 22.0 Å². The van der Waals surface area contributed by atoms with Crippen molar-refractivity contribution in [3.05, 3.63) is 67.0 Å². The molecule has 0 fully saturated rings. The van der Waals surface area contributed by atoms with E-state index in [0.29, 0.717) is 12.6 Å². The molecule has 0 saturated carbocycles. The molecule has 35 heavy (non-hydrogen) atoms. The number of rotatable bonds is 10. The van der Waals surface area contributed by atoms with Crippen molar-refractivity contribution in [3.8, 4) is 5.75 Å². The molecule has 1 unspecified atom stereocenters. The lowest BCUT2D eigenvalue weighted by molar-refractivity contribution is -0.268. The van der Waals surface area contributed by atoms with Crippen molar-refractivity contribution in [2.24, 2.45) is 0 Å². The van der Waals surface area contributed by atoms with Gasteiger partial charge in [-0.05, 0) is 43.3 Å². The second-order valence-electron chi connectivity index (χ2n) is 6.97. The van der Waals surface area contributed by atoms with Gasteiger partial charge in [-0.15, -0.1) is 0 Å². The maximum atomic E-state index is 13.8. The van der Waals surface area contributed by atoms with Gasteiger partial charge >= 0.3 is 12.8 Å². The smallest absolute Gasteiger partial charge is 0.435 e. The number of nitrogens with zero attached hydrogens (tertiary/aromatic N) is 2. The lowest BCUT2D eigenvalue weighted by atomic mass is 10.2. The summed E-state index contributed by atoms with van der Waals surface area (Å²) in [6.07, 6.45) is -4.14. The van der Waals surface area contributed by atoms with Gasteiger partial charge < -0.3 is 15.4 Å². The molecule has 0 aliphatic rings. The fraction of sp³-hybridized carbons (Fsp3) is 0.200. The van der Waals surface area contributed by atoms with Gasteiger partial charge in [0.2, 0.25) is 0 Å². The van der Waals surface area contributed by atoms with Crippen LogP contribution in [0.4, 0.5) is 39.3 Å². The van der Waals surface area contributed by atoms with Gasteiger partial charge in [0, 0.05) is 11.8 Å². The van der Waals surface area contributed by atoms with Crippen LogP contribution in [0.3, 0.4) is 0 Å². The van der Waals surface area contributed by atoms with Crippen LogP contribution in [0.1, 0.15) is 6.92 Å². The van der Waals surface area contributed by atoms with Crippen LogP contribution in [0.5, 0.6) is 5.75 Å². The number of nitrogens with one attached hydrogen (secondary N) is 3. The second-order valence-corrected chi connectivity index (χ2v) is 8.62. The van der Waals surface area contributed by atoms with Gasteiger partial charge in [0.1, 0.15) is 23.7 Å². The number of alkyl halides is 5. The van der Waals surface area contributed by atoms with E-state index in [9.17, 15) is 30.4 Å². The fourth-order valence-corrected chi connectivity index (χ4v) is 3.43. The summed E-state index contributed by atoms with van der Waals surface area (Å²) in [7, 11) is -4.42. The van der Waals surface area contributed by atoms with E-state index in [-0.39, 0.29) is 22.3 Å². The van der Waals surface area contributed by atoms with Crippen molar-refractivity contribution in [1.29, 1.82) is 0 Å². The summed E-state index contributed by atoms with van der Waals surface area (Å²) in [6.45, 7) is -2.43. The van der Waals surface area contributed by atoms with Crippen LogP contribution in [-0.2, 0) is 14.9 Å². The zero-order valence-corrected chi connectivity index (χ0v) is 18.6. The molecule has 3 N–H and O–H groups in total. The minimum Gasteiger partial charge on any atom is -0.435 e. The van der Waals surface area contributed by atoms with Gasteiger partial charge in [0.15, 0.2) is 0 Å². The number of aromatic nitrogens is 2. The number of hydrogen-bond donors (Lipinski definition) is 3. The van der Waals surface area contributed by atoms with Crippen LogP contribution >= 0.6 is 0 Å². The molecule has 1 aromatic heterocycles. The number of halogens is 5. The molecule has 1 atom stereocenters. The molecule has 188 valence electrons. The Balaban J connectivity index is 1.75. The Morgan fingerprint density at radius 1 is 0.943 bits per heavy atom. The molecule has 0 spiro atoms. The molecule has 0 bridgehead atoms. The van der Waals surface area contributed by atoms with E-state index in [1.54, 1.807) is 0 Å². The molecule has 0 aliphatic heterocycles. The molecular weight excluding hydrogens is 501 g/mol. The van der Waals surface area contributed by atoms with Crippen molar-refractivity contribution in [2.45, 2.75) is 30.3 Å². The van der Waals surface area contributed by atoms with Crippen molar-refractivity contribution >= 4 is 27.3 Å². The van der Waals surface area contributed by atoms with E-state index in [4.69, 9.17) is 0 Å². The summed E-state index contributed by atoms with van der Waals surface area (Å²) in [5.41, 5.74) is -2.86. The van der Waals surface area contributed by atoms with E-state index in [1.807, 2.05) is 5.32 Å². The first-order valence-electron chi connectivity index (χ1n) is 9.62. The maximum Gasteiger partial charge on any atom is 0.438 e. The fourth-order valence-electron chi connectivity index (χ4n) is 2.55. The molecule has 3 rings (SSSR count). The summed E-state index contributed by atoms with van der Waals surface area (Å²) in [5, 5.41) is 4.77. The molecule has 2 aromatic carbocycles. The first-order valence-corrected chi connectivity index (χ1v) is 11.1. The Morgan fingerprint density at radius 3 is 2.17 bits per heavy atom. The van der Waals surface area contributed by atoms with E-state index in [0.717, 1.165) is 12.4 Å². The first kappa shape index (κ1) is 26.1. The Kier molecular flexibility index (Phi) is 7.72. The molecule has 9 nitrogen and oxygen atoms in total. The number of benzene rings is 2. The van der Waals surface area contributed by atoms with E-state index < -0.39 is 28.5 Å². The van der Waals surface area contributed by atoms with Crippen LogP contribution in [0.25, 0.3) is 0 Å². The topological polar surface area (TPSA) is 114 Å². The predicted molar refractivity (Wildman–Crippen MR) is 114 cm³/mol. The van der Waals surface area contributed by atoms with E-state index in [1.165, 1.54) is 59.5 Å². The van der Waals surface area contributed by atoms with Gasteiger partial charge in [0.25, 0.3) is 15.7 Å². The number of hydrogen-bond acceptors (Lipinski definition) is 8. The Labute approximate surface area is 196 Å². The van der Waals surface area contributed by atoms with Gasteiger partial charge in [0.05, 0.1) is 4.90 Å². The highest BCUT2D eigenvalue weighted by Crippen LogP contribution is 2.34. The lowest BCUT2D eigenvalue weighted by Crippen LogP contribution is -2.55. The monoisotopic (exact) mass is 519 g/mol. The zero-order valence-electron chi connectivity index (χ0n) is 17.8. The van der Waals surface area contributed by atoms with Crippen molar-refractivity contribution in [1.82, 2.24) is 14.9 Å². The largest absolute Gasteiger partial charge is 0.438 e. The molecule has 0 amide bonds. The van der Waals surface area contributed by atoms with E-state index >= 15 is 0 Å². The van der Waals surface area contributed by atoms with E-state index in [2.05, 4.69) is 24.9 Å². The van der Waals surface area contributed by atoms with Crippen molar-refractivity contribution in [2.75, 3.05) is 10.6 Å². The third-order valence-electron chi connectivity index (χ3n) is 4.34. The van der Waals surface area contributed by atoms with Gasteiger partial charge in [-0.1, -0.05) is 23.1 Å². The standard InChI is InChI=1S/C20H18F5N5O4S/c1-19(20(23,24)25,34-30-35(31,32)15-5-3-2-4-6-15)29-17-11-16(26-12-27-17)28-13-7-9-14(10-8-13)33-18(21)22/h2-12,18,30H,1H3,(H2,26,27,28,29). The minimum absolute atomic E-state index is 0.0411. The number of ether oxygens (including phenoxy) is 1. The Hall–Kier alpha value is -3.56. The molecule has 3 aromatic rings. The van der Waals surface area contributed by atoms with Crippen molar-refractivity contribution in [3.63, 3.8) is 0 Å². The van der Waals surface area contributed by atoms with Crippen LogP contribution in [0.15, 0.2) is 71.9 Å². The second kappa shape index (κ2) is 10.4.